The van der Waals surface area contributed by atoms with E-state index >= 15 is 0 Å². The maximum Gasteiger partial charge on any atom is 0.333 e. The van der Waals surface area contributed by atoms with Crippen molar-refractivity contribution < 1.29 is 36.2 Å². The molecule has 234 valence electrons. The first-order valence-corrected chi connectivity index (χ1v) is 15.4. The van der Waals surface area contributed by atoms with Gasteiger partial charge in [0.2, 0.25) is 5.36 Å². The highest BCUT2D eigenvalue weighted by Crippen LogP contribution is 2.42. The normalized spacial score (nSPS) is 14.3. The van der Waals surface area contributed by atoms with Gasteiger partial charge in [0.25, 0.3) is 17.7 Å². The van der Waals surface area contributed by atoms with Crippen LogP contribution in [-0.4, -0.2) is 53.8 Å². The Bertz CT molecular complexity index is 1930. The van der Waals surface area contributed by atoms with Gasteiger partial charge in [-0.3, -0.25) is 14.4 Å². The van der Waals surface area contributed by atoms with E-state index in [1.54, 1.807) is 18.0 Å². The summed E-state index contributed by atoms with van der Waals surface area (Å²) in [6.07, 6.45) is 1.90. The van der Waals surface area contributed by atoms with Crippen LogP contribution in [0.25, 0.3) is 33.4 Å². The number of fused-ring (bicyclic) bond motifs is 2. The van der Waals surface area contributed by atoms with E-state index < -0.39 is 17.8 Å². The van der Waals surface area contributed by atoms with E-state index in [0.29, 0.717) is 76.2 Å². The molecule has 0 unspecified atom stereocenters. The van der Waals surface area contributed by atoms with Crippen LogP contribution in [-0.2, 0) is 19.2 Å². The Balaban J connectivity index is 1.43. The fraction of sp³-hybridized carbons (Fsp3) is 0.361. The van der Waals surface area contributed by atoms with Gasteiger partial charge in [0, 0.05) is 60.5 Å². The lowest BCUT2D eigenvalue weighted by molar-refractivity contribution is -0.496. The van der Waals surface area contributed by atoms with Gasteiger partial charge in [-0.15, -0.1) is 5.06 Å². The molecule has 0 atom stereocenters. The minimum absolute atomic E-state index is 0.0501. The van der Waals surface area contributed by atoms with Crippen molar-refractivity contribution in [3.05, 3.63) is 76.1 Å². The van der Waals surface area contributed by atoms with Gasteiger partial charge in [-0.25, -0.2) is 9.79 Å². The molecule has 45 heavy (non-hydrogen) atoms. The van der Waals surface area contributed by atoms with Gasteiger partial charge in [0.05, 0.1) is 8.78 Å². The highest BCUT2D eigenvalue weighted by Gasteiger charge is 2.32. The Morgan fingerprint density at radius 2 is 1.71 bits per heavy atom. The molecule has 1 N–H and O–H groups in total. The molecule has 0 saturated carbocycles. The zero-order valence-electron chi connectivity index (χ0n) is 28.5. The minimum atomic E-state index is -0.633. The molecular weight excluding hydrogens is 570 g/mol. The Labute approximate surface area is 265 Å². The van der Waals surface area contributed by atoms with E-state index in [2.05, 4.69) is 4.99 Å². The quantitative estimate of drug-likeness (QED) is 0.162. The molecule has 1 aliphatic carbocycles. The van der Waals surface area contributed by atoms with Gasteiger partial charge in [-0.1, -0.05) is 24.6 Å². The zero-order valence-corrected chi connectivity index (χ0v) is 26.5. The summed E-state index contributed by atoms with van der Waals surface area (Å²) in [6.45, 7) is 8.81. The molecule has 1 fully saturated rings. The maximum absolute atomic E-state index is 14.0. The molecule has 2 aromatic rings. The molecule has 1 saturated heterocycles. The monoisotopic (exact) mass is 612 g/mol. The first-order chi connectivity index (χ1) is 22.4. The molecule has 2 heterocycles. The number of carbonyl (C=O) groups excluding carboxylic acids is 4. The number of hydrogen-bond acceptors (Lipinski definition) is 6. The number of hydrogen-bond donors (Lipinski definition) is 1. The third-order valence-electron chi connectivity index (χ3n) is 8.18. The fourth-order valence-corrected chi connectivity index (χ4v) is 5.59. The lowest BCUT2D eigenvalue weighted by Crippen LogP contribution is -2.76. The molecule has 0 bridgehead atoms. The first-order valence-electron chi connectivity index (χ1n) is 16.4. The second-order valence-electron chi connectivity index (χ2n) is 11.5. The number of benzene rings is 3. The van der Waals surface area contributed by atoms with Gasteiger partial charge >= 0.3 is 5.97 Å². The van der Waals surface area contributed by atoms with Crippen molar-refractivity contribution in [2.45, 2.75) is 66.2 Å². The van der Waals surface area contributed by atoms with Crippen molar-refractivity contribution in [3.8, 4) is 22.5 Å². The molecular formula is C36H40N3O6+. The van der Waals surface area contributed by atoms with Crippen molar-refractivity contribution in [1.29, 1.82) is 0 Å². The predicted molar refractivity (Wildman–Crippen MR) is 170 cm³/mol. The number of nitrogens with zero attached hydrogens (tertiary/aromatic N) is 2. The average molecular weight is 613 g/mol. The van der Waals surface area contributed by atoms with Gasteiger partial charge in [-0.2, -0.15) is 0 Å². The highest BCUT2D eigenvalue weighted by atomic mass is 16.7. The summed E-state index contributed by atoms with van der Waals surface area (Å²) in [4.78, 5) is 59.3. The number of unbranched alkanes of at least 4 members (excludes halogenated alkanes) is 2. The number of nitrogens with one attached hydrogen (secondary N) is 1. The lowest BCUT2D eigenvalue weighted by Gasteiger charge is -2.22. The Morgan fingerprint density at radius 3 is 2.44 bits per heavy atom. The third kappa shape index (κ3) is 6.67. The van der Waals surface area contributed by atoms with Gasteiger partial charge in [0.15, 0.2) is 0 Å². The Hall–Kier alpha value is -4.79. The predicted octanol–water partition coefficient (Wildman–Crippen LogP) is 4.37. The first kappa shape index (κ1) is 29.0. The summed E-state index contributed by atoms with van der Waals surface area (Å²) in [6, 6.07) is 11.8. The number of amides is 3. The molecule has 0 radical (unpaired) electrons. The molecule has 0 aromatic heterocycles. The summed E-state index contributed by atoms with van der Waals surface area (Å²) in [5, 5.41) is 1.92. The van der Waals surface area contributed by atoms with E-state index in [-0.39, 0.29) is 37.3 Å². The van der Waals surface area contributed by atoms with Crippen molar-refractivity contribution in [2.24, 2.45) is 0 Å². The number of aryl methyl sites for hydroxylation is 2. The SMILES string of the molecule is [2H]c1c2oc3c([2H])c(C)c(C)cc3c(-c3ccccc3C(=O)N(C)CCCCCC(=O)ON3C(=O)CCC3=O)c-2cc(C)c1=[NH+]CC. The van der Waals surface area contributed by atoms with E-state index in [0.717, 1.165) is 22.3 Å². The molecule has 2 aromatic carbocycles. The van der Waals surface area contributed by atoms with Crippen LogP contribution < -0.4 is 10.3 Å². The number of carbonyl (C=O) groups is 4. The molecule has 2 aliphatic heterocycles. The molecule has 0 spiro atoms. The van der Waals surface area contributed by atoms with Crippen LogP contribution in [0.3, 0.4) is 0 Å². The Morgan fingerprint density at radius 1 is 0.978 bits per heavy atom. The van der Waals surface area contributed by atoms with Gasteiger partial charge in [-0.05, 0) is 81.5 Å². The number of hydroxylamine groups is 2. The zero-order chi connectivity index (χ0) is 34.0. The summed E-state index contributed by atoms with van der Waals surface area (Å²) < 4.78 is 24.3. The van der Waals surface area contributed by atoms with Crippen LogP contribution in [0.4, 0.5) is 0 Å². The minimum Gasteiger partial charge on any atom is -0.456 e. The van der Waals surface area contributed by atoms with Crippen molar-refractivity contribution >= 4 is 34.7 Å². The number of imide groups is 1. The largest absolute Gasteiger partial charge is 0.456 e. The van der Waals surface area contributed by atoms with Gasteiger partial charge in [0.1, 0.15) is 17.9 Å². The van der Waals surface area contributed by atoms with Gasteiger partial charge < -0.3 is 14.2 Å². The summed E-state index contributed by atoms with van der Waals surface area (Å²) >= 11 is 0. The molecule has 9 nitrogen and oxygen atoms in total. The Kier molecular flexibility index (Phi) is 8.66. The lowest BCUT2D eigenvalue weighted by atomic mass is 9.88. The van der Waals surface area contributed by atoms with Crippen LogP contribution in [0.2, 0.25) is 0 Å². The van der Waals surface area contributed by atoms with Crippen LogP contribution in [0, 0.1) is 20.8 Å². The fourth-order valence-electron chi connectivity index (χ4n) is 5.59. The second-order valence-corrected chi connectivity index (χ2v) is 11.5. The summed E-state index contributed by atoms with van der Waals surface area (Å²) in [5.74, 6) is -1.48. The van der Waals surface area contributed by atoms with Crippen molar-refractivity contribution in [1.82, 2.24) is 9.96 Å². The summed E-state index contributed by atoms with van der Waals surface area (Å²) in [7, 11) is 1.73. The molecule has 3 amide bonds. The van der Waals surface area contributed by atoms with E-state index in [1.165, 1.54) is 0 Å². The van der Waals surface area contributed by atoms with Crippen LogP contribution >= 0.6 is 0 Å². The maximum atomic E-state index is 14.0. The van der Waals surface area contributed by atoms with E-state index in [1.807, 2.05) is 58.0 Å². The third-order valence-corrected chi connectivity index (χ3v) is 8.18. The smallest absolute Gasteiger partial charge is 0.333 e. The molecule has 5 rings (SSSR count). The van der Waals surface area contributed by atoms with Crippen LogP contribution in [0.15, 0.2) is 52.9 Å². The standard InChI is InChI=1S/C36H39N3O6/c1-6-37-29-21-31-28(19-24(29)4)35(27-18-22(2)23(3)20-30(27)44-31)25-12-9-10-13-26(25)36(43)38(5)17-11-7-8-14-34(42)45-39-32(40)15-16-33(39)41/h9-10,12-13,18-21H,6-8,11,14-17H2,1-5H3/p+1/i20D,21D. The van der Waals surface area contributed by atoms with Crippen molar-refractivity contribution in [2.75, 3.05) is 20.1 Å². The van der Waals surface area contributed by atoms with Crippen LogP contribution in [0.5, 0.6) is 0 Å². The summed E-state index contributed by atoms with van der Waals surface area (Å²) in [5.41, 5.74) is 5.54. The van der Waals surface area contributed by atoms with E-state index in [9.17, 15) is 19.2 Å². The second kappa shape index (κ2) is 13.5. The van der Waals surface area contributed by atoms with Crippen LogP contribution in [0.1, 0.15) is 75.2 Å². The highest BCUT2D eigenvalue weighted by molar-refractivity contribution is 6.09. The number of rotatable bonds is 10. The van der Waals surface area contributed by atoms with Crippen molar-refractivity contribution in [3.63, 3.8) is 0 Å². The molecule has 3 aliphatic rings. The van der Waals surface area contributed by atoms with E-state index in [4.69, 9.17) is 12.0 Å². The average Bonchev–Trinajstić information content (AvgIpc) is 3.36. The topological polar surface area (TPSA) is 111 Å². The molecule has 9 heteroatoms.